The lowest BCUT2D eigenvalue weighted by atomic mass is 10.1. The Kier molecular flexibility index (Phi) is 6.80. The van der Waals surface area contributed by atoms with Crippen molar-refractivity contribution in [2.45, 2.75) is 58.9 Å². The Balaban J connectivity index is 1.92. The minimum Gasteiger partial charge on any atom is -0.458 e. The number of anilines is 1. The Bertz CT molecular complexity index is 1180. The van der Waals surface area contributed by atoms with Crippen LogP contribution >= 0.6 is 0 Å². The molecule has 0 unspecified atom stereocenters. The summed E-state index contributed by atoms with van der Waals surface area (Å²) in [6.45, 7) is 7.98. The summed E-state index contributed by atoms with van der Waals surface area (Å²) in [5.74, 6) is -0.0993. The van der Waals surface area contributed by atoms with Crippen LogP contribution in [0.4, 0.5) is 18.9 Å². The molecule has 2 aromatic heterocycles. The molecule has 0 aliphatic carbocycles. The first-order valence-corrected chi connectivity index (χ1v) is 10.4. The maximum atomic E-state index is 13.3. The zero-order valence-corrected chi connectivity index (χ0v) is 19.3. The molecular formula is C22H25F3N6O3. The summed E-state index contributed by atoms with van der Waals surface area (Å²) in [4.78, 5) is 28.0. The van der Waals surface area contributed by atoms with E-state index in [1.807, 2.05) is 0 Å². The standard InChI is InChI=1S/C22H25F3N6O3/c1-13-9-10-17(34-13)19-27-29-30(28-19)12-18(32)31(14(2)20(33)26-21(3,4)5)16-8-6-7-15(11-16)22(23,24)25/h6-11,14H,12H2,1-5H3,(H,26,33)/t14-/m1/s1. The van der Waals surface area contributed by atoms with Crippen LogP contribution in [-0.4, -0.2) is 43.6 Å². The second-order valence-electron chi connectivity index (χ2n) is 8.78. The van der Waals surface area contributed by atoms with E-state index in [0.717, 1.165) is 21.8 Å². The zero-order valence-electron chi connectivity index (χ0n) is 19.3. The number of halogens is 3. The predicted octanol–water partition coefficient (Wildman–Crippen LogP) is 3.60. The van der Waals surface area contributed by atoms with Crippen molar-refractivity contribution >= 4 is 17.5 Å². The lowest BCUT2D eigenvalue weighted by molar-refractivity contribution is -0.137. The molecule has 12 heteroatoms. The van der Waals surface area contributed by atoms with Crippen LogP contribution in [0.3, 0.4) is 0 Å². The average molecular weight is 478 g/mol. The molecule has 0 aliphatic rings. The molecular weight excluding hydrogens is 453 g/mol. The van der Waals surface area contributed by atoms with E-state index in [9.17, 15) is 22.8 Å². The minimum absolute atomic E-state index is 0.0848. The molecule has 0 spiro atoms. The molecule has 0 saturated carbocycles. The van der Waals surface area contributed by atoms with Crippen LogP contribution in [0.1, 0.15) is 39.0 Å². The van der Waals surface area contributed by atoms with Crippen molar-refractivity contribution in [1.29, 1.82) is 0 Å². The fraction of sp³-hybridized carbons (Fsp3) is 0.409. The van der Waals surface area contributed by atoms with Gasteiger partial charge in [-0.2, -0.15) is 18.0 Å². The summed E-state index contributed by atoms with van der Waals surface area (Å²) in [5.41, 5.74) is -1.64. The van der Waals surface area contributed by atoms with Crippen molar-refractivity contribution in [2.75, 3.05) is 4.90 Å². The van der Waals surface area contributed by atoms with E-state index in [4.69, 9.17) is 4.42 Å². The third kappa shape index (κ3) is 6.00. The van der Waals surface area contributed by atoms with E-state index in [1.54, 1.807) is 39.8 Å². The molecule has 1 atom stereocenters. The largest absolute Gasteiger partial charge is 0.458 e. The fourth-order valence-corrected chi connectivity index (χ4v) is 3.17. The number of aryl methyl sites for hydroxylation is 1. The quantitative estimate of drug-likeness (QED) is 0.580. The summed E-state index contributed by atoms with van der Waals surface area (Å²) in [7, 11) is 0. The van der Waals surface area contributed by atoms with E-state index in [2.05, 4.69) is 20.7 Å². The Labute approximate surface area is 193 Å². The molecule has 9 nitrogen and oxygen atoms in total. The van der Waals surface area contributed by atoms with E-state index >= 15 is 0 Å². The van der Waals surface area contributed by atoms with Gasteiger partial charge in [0.15, 0.2) is 5.76 Å². The van der Waals surface area contributed by atoms with Gasteiger partial charge in [0, 0.05) is 11.2 Å². The van der Waals surface area contributed by atoms with Gasteiger partial charge in [0.05, 0.1) is 5.56 Å². The number of carbonyl (C=O) groups is 2. The third-order valence-corrected chi connectivity index (χ3v) is 4.68. The van der Waals surface area contributed by atoms with Crippen molar-refractivity contribution in [3.8, 4) is 11.6 Å². The number of nitrogens with one attached hydrogen (secondary N) is 1. The maximum absolute atomic E-state index is 13.3. The van der Waals surface area contributed by atoms with Crippen LogP contribution in [0.15, 0.2) is 40.8 Å². The number of tetrazole rings is 1. The highest BCUT2D eigenvalue weighted by atomic mass is 19.4. The van der Waals surface area contributed by atoms with E-state index < -0.39 is 41.7 Å². The minimum atomic E-state index is -4.62. The second-order valence-corrected chi connectivity index (χ2v) is 8.78. The van der Waals surface area contributed by atoms with Crippen molar-refractivity contribution < 1.29 is 27.2 Å². The highest BCUT2D eigenvalue weighted by Gasteiger charge is 2.34. The van der Waals surface area contributed by atoms with Crippen LogP contribution in [0, 0.1) is 6.92 Å². The van der Waals surface area contributed by atoms with Gasteiger partial charge in [-0.15, -0.1) is 10.2 Å². The van der Waals surface area contributed by atoms with Crippen molar-refractivity contribution in [3.63, 3.8) is 0 Å². The van der Waals surface area contributed by atoms with Crippen LogP contribution in [0.25, 0.3) is 11.6 Å². The molecule has 0 saturated heterocycles. The molecule has 3 aromatic rings. The highest BCUT2D eigenvalue weighted by Crippen LogP contribution is 2.32. The van der Waals surface area contributed by atoms with Crippen molar-refractivity contribution in [1.82, 2.24) is 25.5 Å². The van der Waals surface area contributed by atoms with Gasteiger partial charge in [0.25, 0.3) is 5.91 Å². The van der Waals surface area contributed by atoms with E-state index in [0.29, 0.717) is 11.5 Å². The summed E-state index contributed by atoms with van der Waals surface area (Å²) >= 11 is 0. The van der Waals surface area contributed by atoms with Gasteiger partial charge in [0.1, 0.15) is 18.3 Å². The van der Waals surface area contributed by atoms with Crippen LogP contribution < -0.4 is 10.2 Å². The normalized spacial score (nSPS) is 12.9. The number of alkyl halides is 3. The molecule has 0 aliphatic heterocycles. The number of benzene rings is 1. The number of carbonyl (C=O) groups excluding carboxylic acids is 2. The summed E-state index contributed by atoms with van der Waals surface area (Å²) in [6.07, 6.45) is -4.62. The van der Waals surface area contributed by atoms with Crippen LogP contribution in [0.5, 0.6) is 0 Å². The SMILES string of the molecule is Cc1ccc(-c2nnn(CC(=O)N(c3cccc(C(F)(F)F)c3)[C@H](C)C(=O)NC(C)(C)C)n2)o1. The maximum Gasteiger partial charge on any atom is 0.416 e. The number of furan rings is 1. The van der Waals surface area contributed by atoms with Gasteiger partial charge in [-0.1, -0.05) is 6.07 Å². The number of aromatic nitrogens is 4. The molecule has 1 aromatic carbocycles. The number of rotatable bonds is 6. The highest BCUT2D eigenvalue weighted by molar-refractivity contribution is 6.00. The number of hydrogen-bond donors (Lipinski definition) is 1. The molecule has 0 fully saturated rings. The summed E-state index contributed by atoms with van der Waals surface area (Å²) in [5, 5.41) is 14.5. The summed E-state index contributed by atoms with van der Waals surface area (Å²) < 4.78 is 45.3. The Hall–Kier alpha value is -3.70. The molecule has 182 valence electrons. The fourth-order valence-electron chi connectivity index (χ4n) is 3.17. The molecule has 2 amide bonds. The van der Waals surface area contributed by atoms with Gasteiger partial charge in [-0.3, -0.25) is 14.5 Å². The first-order chi connectivity index (χ1) is 15.7. The monoisotopic (exact) mass is 478 g/mol. The van der Waals surface area contributed by atoms with E-state index in [-0.39, 0.29) is 11.5 Å². The number of hydrogen-bond acceptors (Lipinski definition) is 6. The lowest BCUT2D eigenvalue weighted by Crippen LogP contribution is -2.53. The molecule has 0 radical (unpaired) electrons. The lowest BCUT2D eigenvalue weighted by Gasteiger charge is -2.31. The molecule has 34 heavy (non-hydrogen) atoms. The van der Waals surface area contributed by atoms with Crippen molar-refractivity contribution in [3.05, 3.63) is 47.7 Å². The molecule has 2 heterocycles. The van der Waals surface area contributed by atoms with E-state index in [1.165, 1.54) is 19.1 Å². The van der Waals surface area contributed by atoms with Crippen LogP contribution in [-0.2, 0) is 22.3 Å². The van der Waals surface area contributed by atoms with Gasteiger partial charge in [-0.25, -0.2) is 0 Å². The summed E-state index contributed by atoms with van der Waals surface area (Å²) in [6, 6.07) is 6.47. The average Bonchev–Trinajstić information content (AvgIpc) is 3.35. The second kappa shape index (κ2) is 9.27. The predicted molar refractivity (Wildman–Crippen MR) is 117 cm³/mol. The third-order valence-electron chi connectivity index (χ3n) is 4.68. The Morgan fingerprint density at radius 3 is 2.47 bits per heavy atom. The molecule has 0 bridgehead atoms. The Morgan fingerprint density at radius 2 is 1.88 bits per heavy atom. The smallest absolute Gasteiger partial charge is 0.416 e. The topological polar surface area (TPSA) is 106 Å². The first-order valence-electron chi connectivity index (χ1n) is 10.4. The zero-order chi connectivity index (χ0) is 25.3. The van der Waals surface area contributed by atoms with Crippen LogP contribution in [0.2, 0.25) is 0 Å². The van der Waals surface area contributed by atoms with Gasteiger partial charge in [0.2, 0.25) is 11.7 Å². The van der Waals surface area contributed by atoms with Crippen molar-refractivity contribution in [2.24, 2.45) is 0 Å². The van der Waals surface area contributed by atoms with Gasteiger partial charge in [-0.05, 0) is 70.2 Å². The van der Waals surface area contributed by atoms with Gasteiger partial charge < -0.3 is 9.73 Å². The first kappa shape index (κ1) is 24.9. The number of nitrogens with zero attached hydrogens (tertiary/aromatic N) is 5. The Morgan fingerprint density at radius 1 is 1.18 bits per heavy atom. The molecule has 3 rings (SSSR count). The van der Waals surface area contributed by atoms with Gasteiger partial charge >= 0.3 is 6.18 Å². The molecule has 1 N–H and O–H groups in total. The number of amides is 2.